The molecule has 4 nitrogen and oxygen atoms in total. The molecule has 0 fully saturated rings. The van der Waals surface area contributed by atoms with Crippen LogP contribution < -0.4 is 11.5 Å². The smallest absolute Gasteiger partial charge is 0.318 e. The van der Waals surface area contributed by atoms with Crippen LogP contribution >= 0.6 is 0 Å². The van der Waals surface area contributed by atoms with Gasteiger partial charge in [-0.2, -0.15) is 0 Å². The number of hydrogen-bond donors (Lipinski definition) is 2. The summed E-state index contributed by atoms with van der Waals surface area (Å²) < 4.78 is 10.5. The Kier molecular flexibility index (Phi) is 7.21. The van der Waals surface area contributed by atoms with Crippen LogP contribution in [0.25, 0.3) is 0 Å². The fourth-order valence-electron chi connectivity index (χ4n) is 0.516. The van der Waals surface area contributed by atoms with Crippen LogP contribution in [0.2, 0.25) is 6.55 Å². The molecule has 0 aliphatic heterocycles. The molecule has 0 heterocycles. The van der Waals surface area contributed by atoms with Gasteiger partial charge in [0, 0.05) is 26.3 Å². The van der Waals surface area contributed by atoms with Crippen molar-refractivity contribution in [2.75, 3.05) is 26.3 Å². The summed E-state index contributed by atoms with van der Waals surface area (Å²) in [6.07, 6.45) is 0. The molecule has 5 heteroatoms. The van der Waals surface area contributed by atoms with Crippen molar-refractivity contribution in [1.82, 2.24) is 0 Å². The SMILES string of the molecule is C[SiH](OCCN)OCCN. The first-order valence-electron chi connectivity index (χ1n) is 3.44. The van der Waals surface area contributed by atoms with Crippen molar-refractivity contribution in [2.45, 2.75) is 6.55 Å². The fraction of sp³-hybridized carbons (Fsp3) is 1.00. The van der Waals surface area contributed by atoms with Gasteiger partial charge in [-0.1, -0.05) is 0 Å². The van der Waals surface area contributed by atoms with Crippen LogP contribution in [-0.2, 0) is 8.85 Å². The van der Waals surface area contributed by atoms with E-state index in [2.05, 4.69) is 0 Å². The van der Waals surface area contributed by atoms with E-state index in [1.165, 1.54) is 0 Å². The Labute approximate surface area is 63.3 Å². The Bertz CT molecular complexity index is 66.7. The second kappa shape index (κ2) is 7.17. The summed E-state index contributed by atoms with van der Waals surface area (Å²) in [7, 11) is -1.40. The van der Waals surface area contributed by atoms with E-state index >= 15 is 0 Å². The maximum absolute atomic E-state index is 5.23. The van der Waals surface area contributed by atoms with Gasteiger partial charge >= 0.3 is 9.28 Å². The zero-order valence-corrected chi connectivity index (χ0v) is 7.53. The third-order valence-electron chi connectivity index (χ3n) is 0.941. The molecular weight excluding hydrogens is 148 g/mol. The summed E-state index contributed by atoms with van der Waals surface area (Å²) in [6.45, 7) is 4.27. The van der Waals surface area contributed by atoms with E-state index in [9.17, 15) is 0 Å². The molecule has 0 aromatic heterocycles. The van der Waals surface area contributed by atoms with Crippen molar-refractivity contribution in [1.29, 1.82) is 0 Å². The van der Waals surface area contributed by atoms with E-state index in [0.717, 1.165) is 0 Å². The molecule has 0 aliphatic carbocycles. The Morgan fingerprint density at radius 1 is 1.10 bits per heavy atom. The van der Waals surface area contributed by atoms with Gasteiger partial charge in [0.1, 0.15) is 0 Å². The highest BCUT2D eigenvalue weighted by molar-refractivity contribution is 6.42. The first kappa shape index (κ1) is 10.1. The quantitative estimate of drug-likeness (QED) is 0.483. The molecule has 0 amide bonds. The van der Waals surface area contributed by atoms with Gasteiger partial charge in [-0.25, -0.2) is 0 Å². The first-order chi connectivity index (χ1) is 4.81. The first-order valence-corrected chi connectivity index (χ1v) is 5.54. The van der Waals surface area contributed by atoms with Crippen LogP contribution in [0.1, 0.15) is 0 Å². The Balaban J connectivity index is 3.00. The minimum absolute atomic E-state index is 0.559. The number of hydrogen-bond acceptors (Lipinski definition) is 4. The normalized spacial score (nSPS) is 10.8. The molecule has 10 heavy (non-hydrogen) atoms. The maximum atomic E-state index is 5.23. The maximum Gasteiger partial charge on any atom is 0.318 e. The van der Waals surface area contributed by atoms with Crippen LogP contribution in [0, 0.1) is 0 Å². The summed E-state index contributed by atoms with van der Waals surface area (Å²) >= 11 is 0. The topological polar surface area (TPSA) is 70.5 Å². The Morgan fingerprint density at radius 2 is 1.50 bits per heavy atom. The van der Waals surface area contributed by atoms with Gasteiger partial charge in [0.2, 0.25) is 0 Å². The summed E-state index contributed by atoms with van der Waals surface area (Å²) in [6, 6.07) is 0. The van der Waals surface area contributed by atoms with Crippen LogP contribution in [-0.4, -0.2) is 35.6 Å². The van der Waals surface area contributed by atoms with Crippen molar-refractivity contribution in [2.24, 2.45) is 11.5 Å². The van der Waals surface area contributed by atoms with Crippen LogP contribution in [0.3, 0.4) is 0 Å². The van der Waals surface area contributed by atoms with E-state index in [0.29, 0.717) is 26.3 Å². The predicted molar refractivity (Wildman–Crippen MR) is 43.0 cm³/mol. The minimum atomic E-state index is -1.40. The molecule has 0 aliphatic rings. The second-order valence-electron chi connectivity index (χ2n) is 1.89. The molecule has 0 saturated carbocycles. The highest BCUT2D eigenvalue weighted by Gasteiger charge is 2.02. The standard InChI is InChI=1S/C5H16N2O2Si/c1-10(8-4-2-6)9-5-3-7/h10H,2-7H2,1H3. The second-order valence-corrected chi connectivity index (χ2v) is 3.69. The zero-order chi connectivity index (χ0) is 7.82. The third kappa shape index (κ3) is 6.18. The molecule has 0 atom stereocenters. The van der Waals surface area contributed by atoms with Gasteiger partial charge in [-0.15, -0.1) is 0 Å². The molecule has 0 aromatic rings. The number of rotatable bonds is 6. The minimum Gasteiger partial charge on any atom is -0.395 e. The molecule has 4 N–H and O–H groups in total. The van der Waals surface area contributed by atoms with Gasteiger partial charge in [0.25, 0.3) is 0 Å². The van der Waals surface area contributed by atoms with Crippen molar-refractivity contribution in [3.8, 4) is 0 Å². The van der Waals surface area contributed by atoms with Crippen molar-refractivity contribution >= 4 is 9.28 Å². The highest BCUT2D eigenvalue weighted by Crippen LogP contribution is 1.85. The predicted octanol–water partition coefficient (Wildman–Crippen LogP) is -1.21. The monoisotopic (exact) mass is 164 g/mol. The lowest BCUT2D eigenvalue weighted by Crippen LogP contribution is -2.25. The average Bonchev–Trinajstić information content (AvgIpc) is 1.97. The van der Waals surface area contributed by atoms with E-state index in [1.807, 2.05) is 6.55 Å². The van der Waals surface area contributed by atoms with Gasteiger partial charge in [-0.3, -0.25) is 0 Å². The third-order valence-corrected chi connectivity index (χ3v) is 2.35. The zero-order valence-electron chi connectivity index (χ0n) is 6.38. The van der Waals surface area contributed by atoms with Crippen molar-refractivity contribution < 1.29 is 8.85 Å². The Morgan fingerprint density at radius 3 is 1.80 bits per heavy atom. The largest absolute Gasteiger partial charge is 0.395 e. The molecule has 0 aromatic carbocycles. The number of nitrogens with two attached hydrogens (primary N) is 2. The van der Waals surface area contributed by atoms with Gasteiger partial charge < -0.3 is 20.3 Å². The van der Waals surface area contributed by atoms with Crippen LogP contribution in [0.15, 0.2) is 0 Å². The van der Waals surface area contributed by atoms with E-state index in [1.54, 1.807) is 0 Å². The molecule has 0 unspecified atom stereocenters. The summed E-state index contributed by atoms with van der Waals surface area (Å²) in [5.74, 6) is 0. The molecule has 0 radical (unpaired) electrons. The van der Waals surface area contributed by atoms with E-state index in [4.69, 9.17) is 20.3 Å². The van der Waals surface area contributed by atoms with Crippen LogP contribution in [0.5, 0.6) is 0 Å². The molecule has 0 spiro atoms. The van der Waals surface area contributed by atoms with E-state index in [-0.39, 0.29) is 0 Å². The van der Waals surface area contributed by atoms with Gasteiger partial charge in [-0.05, 0) is 6.55 Å². The molecule has 0 bridgehead atoms. The Hall–Kier alpha value is 0.0569. The molecule has 62 valence electrons. The lowest BCUT2D eigenvalue weighted by atomic mass is 10.8. The fourth-order valence-corrected chi connectivity index (χ4v) is 1.55. The van der Waals surface area contributed by atoms with Crippen molar-refractivity contribution in [3.05, 3.63) is 0 Å². The van der Waals surface area contributed by atoms with Crippen molar-refractivity contribution in [3.63, 3.8) is 0 Å². The van der Waals surface area contributed by atoms with Gasteiger partial charge in [0.05, 0.1) is 0 Å². The summed E-state index contributed by atoms with van der Waals surface area (Å²) in [5, 5.41) is 0. The summed E-state index contributed by atoms with van der Waals surface area (Å²) in [4.78, 5) is 0. The summed E-state index contributed by atoms with van der Waals surface area (Å²) in [5.41, 5.74) is 10.4. The molecular formula is C5H16N2O2Si. The molecule has 0 rings (SSSR count). The lowest BCUT2D eigenvalue weighted by Gasteiger charge is -2.10. The molecule has 0 saturated heterocycles. The van der Waals surface area contributed by atoms with E-state index < -0.39 is 9.28 Å². The van der Waals surface area contributed by atoms with Gasteiger partial charge in [0.15, 0.2) is 0 Å². The average molecular weight is 164 g/mol. The highest BCUT2D eigenvalue weighted by atomic mass is 28.3. The van der Waals surface area contributed by atoms with Crippen LogP contribution in [0.4, 0.5) is 0 Å². The lowest BCUT2D eigenvalue weighted by molar-refractivity contribution is 0.211.